The average molecular weight is 362 g/mol. The van der Waals surface area contributed by atoms with E-state index in [0.717, 1.165) is 0 Å². The summed E-state index contributed by atoms with van der Waals surface area (Å²) in [6, 6.07) is -1.23. The van der Waals surface area contributed by atoms with E-state index in [1.165, 1.54) is 7.11 Å². The van der Waals surface area contributed by atoms with Gasteiger partial charge in [-0.1, -0.05) is 13.8 Å². The molecule has 0 aromatic heterocycles. The summed E-state index contributed by atoms with van der Waals surface area (Å²) in [6.07, 6.45) is 0.700. The molecule has 1 aliphatic heterocycles. The second kappa shape index (κ2) is 9.71. The molecule has 24 heavy (non-hydrogen) atoms. The molecule has 1 saturated heterocycles. The van der Waals surface area contributed by atoms with Crippen LogP contribution in [0.1, 0.15) is 26.7 Å². The maximum absolute atomic E-state index is 13.4. The molecule has 3 atom stereocenters. The molecule has 0 radical (unpaired) electrons. The Bertz CT molecular complexity index is 476. The number of piperidine rings is 1. The molecule has 1 rings (SSSR count). The number of halogens is 1. The number of rotatable bonds is 5. The van der Waals surface area contributed by atoms with Crippen molar-refractivity contribution in [1.82, 2.24) is 15.5 Å². The van der Waals surface area contributed by atoms with E-state index in [1.54, 1.807) is 19.0 Å². The first-order valence-electron chi connectivity index (χ1n) is 7.98. The van der Waals surface area contributed by atoms with Gasteiger partial charge in [0.2, 0.25) is 5.91 Å². The lowest BCUT2D eigenvalue weighted by Crippen LogP contribution is -2.61. The number of aliphatic imine (C=N–C) groups is 1. The molecule has 0 saturated carbocycles. The molecule has 2 amide bonds. The molecule has 0 aliphatic carbocycles. The molecule has 0 aromatic carbocycles. The van der Waals surface area contributed by atoms with Crippen LogP contribution < -0.4 is 10.6 Å². The van der Waals surface area contributed by atoms with Crippen molar-refractivity contribution >= 4 is 30.0 Å². The van der Waals surface area contributed by atoms with Crippen molar-refractivity contribution in [3.63, 3.8) is 0 Å². The SMILES string of the molecule is CN=C(NC)[C@@H]1C(SF)CCCN1C(=O)C(NC(=O)OC)C(C)C. The number of hydrogen-bond donors (Lipinski definition) is 2. The molecule has 2 N–H and O–H groups in total. The molecule has 138 valence electrons. The van der Waals surface area contributed by atoms with Gasteiger partial charge in [0.25, 0.3) is 0 Å². The van der Waals surface area contributed by atoms with Crippen molar-refractivity contribution < 1.29 is 18.2 Å². The summed E-state index contributed by atoms with van der Waals surface area (Å²) in [5.74, 6) is 0.168. The Hall–Kier alpha value is -1.51. The summed E-state index contributed by atoms with van der Waals surface area (Å²) in [7, 11) is 4.56. The van der Waals surface area contributed by atoms with Crippen LogP contribution >= 0.6 is 12.1 Å². The number of carbonyl (C=O) groups excluding carboxylic acids is 2. The highest BCUT2D eigenvalue weighted by molar-refractivity contribution is 7.95. The van der Waals surface area contributed by atoms with Crippen molar-refractivity contribution in [1.29, 1.82) is 0 Å². The van der Waals surface area contributed by atoms with Crippen LogP contribution in [0.4, 0.5) is 8.68 Å². The van der Waals surface area contributed by atoms with Gasteiger partial charge >= 0.3 is 6.09 Å². The van der Waals surface area contributed by atoms with Crippen LogP contribution in [-0.2, 0) is 9.53 Å². The highest BCUT2D eigenvalue weighted by Gasteiger charge is 2.41. The summed E-state index contributed by atoms with van der Waals surface area (Å²) in [4.78, 5) is 30.4. The minimum Gasteiger partial charge on any atom is -0.453 e. The Labute approximate surface area is 147 Å². The Morgan fingerprint density at radius 3 is 2.54 bits per heavy atom. The quantitative estimate of drug-likeness (QED) is 0.573. The van der Waals surface area contributed by atoms with Crippen LogP contribution in [0.3, 0.4) is 0 Å². The number of methoxy groups -OCH3 is 1. The minimum atomic E-state index is -0.738. The van der Waals surface area contributed by atoms with E-state index in [1.807, 2.05) is 13.8 Å². The Balaban J connectivity index is 3.11. The summed E-state index contributed by atoms with van der Waals surface area (Å²) in [5, 5.41) is 5.14. The fraction of sp³-hybridized carbons (Fsp3) is 0.800. The highest BCUT2D eigenvalue weighted by Crippen LogP contribution is 2.30. The lowest BCUT2D eigenvalue weighted by molar-refractivity contribution is -0.136. The van der Waals surface area contributed by atoms with Crippen LogP contribution in [-0.4, -0.2) is 67.8 Å². The van der Waals surface area contributed by atoms with Gasteiger partial charge in [-0.2, -0.15) is 3.89 Å². The fourth-order valence-corrected chi connectivity index (χ4v) is 3.52. The molecule has 1 fully saturated rings. The summed E-state index contributed by atoms with van der Waals surface area (Å²) in [6.45, 7) is 4.17. The standard InChI is InChI=1S/C15H27FN4O3S/c1-9(2)11(19-15(22)23-5)14(21)20-8-6-7-10(24-16)12(20)13(17-3)18-4/h9-12H,6-8H2,1-5H3,(H,17,18)(H,19,22)/t10?,11?,12-/m0/s1. The van der Waals surface area contributed by atoms with Crippen molar-refractivity contribution in [2.24, 2.45) is 10.9 Å². The first kappa shape index (κ1) is 20.5. The molecule has 2 unspecified atom stereocenters. The predicted molar refractivity (Wildman–Crippen MR) is 93.8 cm³/mol. The van der Waals surface area contributed by atoms with Crippen molar-refractivity contribution in [3.05, 3.63) is 0 Å². The van der Waals surface area contributed by atoms with Gasteiger partial charge in [0.05, 0.1) is 24.5 Å². The number of amidine groups is 1. The number of amides is 2. The lowest BCUT2D eigenvalue weighted by atomic mass is 9.96. The third-order valence-electron chi connectivity index (χ3n) is 4.14. The van der Waals surface area contributed by atoms with Gasteiger partial charge in [-0.3, -0.25) is 9.79 Å². The molecule has 9 heteroatoms. The first-order chi connectivity index (χ1) is 11.4. The molecule has 0 aromatic rings. The molecule has 7 nitrogen and oxygen atoms in total. The van der Waals surface area contributed by atoms with Gasteiger partial charge in [0, 0.05) is 20.6 Å². The van der Waals surface area contributed by atoms with Gasteiger partial charge in [0.1, 0.15) is 17.9 Å². The van der Waals surface area contributed by atoms with E-state index in [0.29, 0.717) is 25.2 Å². The second-order valence-corrected chi connectivity index (χ2v) is 6.75. The van der Waals surface area contributed by atoms with E-state index in [-0.39, 0.29) is 29.2 Å². The van der Waals surface area contributed by atoms with Gasteiger partial charge in [-0.15, -0.1) is 0 Å². The monoisotopic (exact) mass is 362 g/mol. The molecule has 0 spiro atoms. The number of likely N-dealkylation sites (N-methyl/N-ethyl adjacent to an activating group) is 1. The normalized spacial score (nSPS) is 23.0. The topological polar surface area (TPSA) is 83.0 Å². The van der Waals surface area contributed by atoms with E-state index in [4.69, 9.17) is 0 Å². The first-order valence-corrected chi connectivity index (χ1v) is 8.76. The Kier molecular flexibility index (Phi) is 8.30. The largest absolute Gasteiger partial charge is 0.453 e. The Morgan fingerprint density at radius 1 is 1.42 bits per heavy atom. The average Bonchev–Trinajstić information content (AvgIpc) is 2.59. The fourth-order valence-electron chi connectivity index (χ4n) is 2.89. The van der Waals surface area contributed by atoms with E-state index in [2.05, 4.69) is 20.4 Å². The molecule has 0 bridgehead atoms. The maximum Gasteiger partial charge on any atom is 0.407 e. The number of nitrogens with zero attached hydrogens (tertiary/aromatic N) is 2. The van der Waals surface area contributed by atoms with Gasteiger partial charge < -0.3 is 20.3 Å². The predicted octanol–water partition coefficient (Wildman–Crippen LogP) is 1.59. The maximum atomic E-state index is 13.4. The van der Waals surface area contributed by atoms with Crippen LogP contribution in [0.2, 0.25) is 0 Å². The van der Waals surface area contributed by atoms with Crippen molar-refractivity contribution in [2.45, 2.75) is 44.0 Å². The molecule has 1 aliphatic rings. The van der Waals surface area contributed by atoms with E-state index in [9.17, 15) is 13.5 Å². The van der Waals surface area contributed by atoms with E-state index < -0.39 is 18.2 Å². The summed E-state index contributed by atoms with van der Waals surface area (Å²) in [5.41, 5.74) is 0. The minimum absolute atomic E-state index is 0.132. The smallest absolute Gasteiger partial charge is 0.407 e. The molecular formula is C15H27FN4O3S. The van der Waals surface area contributed by atoms with Crippen LogP contribution in [0.5, 0.6) is 0 Å². The third-order valence-corrected chi connectivity index (χ3v) is 4.86. The zero-order chi connectivity index (χ0) is 18.3. The van der Waals surface area contributed by atoms with E-state index >= 15 is 0 Å². The van der Waals surface area contributed by atoms with Crippen molar-refractivity contribution in [3.8, 4) is 0 Å². The number of hydrogen-bond acceptors (Lipinski definition) is 5. The van der Waals surface area contributed by atoms with Crippen LogP contribution in [0.15, 0.2) is 4.99 Å². The van der Waals surface area contributed by atoms with Gasteiger partial charge in [-0.25, -0.2) is 4.79 Å². The number of nitrogens with one attached hydrogen (secondary N) is 2. The van der Waals surface area contributed by atoms with Crippen LogP contribution in [0.25, 0.3) is 0 Å². The number of ether oxygens (including phenoxy) is 1. The Morgan fingerprint density at radius 2 is 2.08 bits per heavy atom. The zero-order valence-electron chi connectivity index (χ0n) is 14.8. The second-order valence-electron chi connectivity index (χ2n) is 5.96. The van der Waals surface area contributed by atoms with Crippen molar-refractivity contribution in [2.75, 3.05) is 27.7 Å². The van der Waals surface area contributed by atoms with Gasteiger partial charge in [0.15, 0.2) is 0 Å². The summed E-state index contributed by atoms with van der Waals surface area (Å²) < 4.78 is 18.0. The van der Waals surface area contributed by atoms with Crippen LogP contribution in [0, 0.1) is 5.92 Å². The molecule has 1 heterocycles. The third kappa shape index (κ3) is 4.75. The number of carbonyl (C=O) groups is 2. The summed E-state index contributed by atoms with van der Waals surface area (Å²) >= 11 is 0.246. The molecular weight excluding hydrogens is 335 g/mol. The highest BCUT2D eigenvalue weighted by atomic mass is 32.2. The number of likely N-dealkylation sites (tertiary alicyclic amines) is 1. The number of alkyl carbamates (subject to hydrolysis) is 1. The lowest BCUT2D eigenvalue weighted by Gasteiger charge is -2.42. The van der Waals surface area contributed by atoms with Gasteiger partial charge in [-0.05, 0) is 18.8 Å². The zero-order valence-corrected chi connectivity index (χ0v) is 15.7.